The van der Waals surface area contributed by atoms with Gasteiger partial charge in [-0.1, -0.05) is 62.4 Å². The lowest BCUT2D eigenvalue weighted by Gasteiger charge is -2.25. The predicted octanol–water partition coefficient (Wildman–Crippen LogP) is 3.80. The van der Waals surface area contributed by atoms with Crippen LogP contribution in [0.1, 0.15) is 25.0 Å². The summed E-state index contributed by atoms with van der Waals surface area (Å²) in [6.07, 6.45) is 2.32. The van der Waals surface area contributed by atoms with Crippen LogP contribution in [0.3, 0.4) is 0 Å². The van der Waals surface area contributed by atoms with E-state index >= 15 is 0 Å². The second-order valence-electron chi connectivity index (χ2n) is 6.56. The Morgan fingerprint density at radius 1 is 1.04 bits per heavy atom. The van der Waals surface area contributed by atoms with Crippen molar-refractivity contribution in [3.05, 3.63) is 71.9 Å². The van der Waals surface area contributed by atoms with Gasteiger partial charge in [-0.05, 0) is 17.2 Å². The Bertz CT molecular complexity index is 803. The summed E-state index contributed by atoms with van der Waals surface area (Å²) in [6.45, 7) is 4.92. The van der Waals surface area contributed by atoms with Crippen molar-refractivity contribution >= 4 is 16.8 Å². The Balaban J connectivity index is 1.64. The van der Waals surface area contributed by atoms with Crippen LogP contribution >= 0.6 is 0 Å². The summed E-state index contributed by atoms with van der Waals surface area (Å²) >= 11 is 0. The number of hydrogen-bond donors (Lipinski definition) is 2. The Morgan fingerprint density at radius 3 is 2.52 bits per heavy atom. The number of rotatable bonds is 5. The molecule has 0 aliphatic carbocycles. The highest BCUT2D eigenvalue weighted by Crippen LogP contribution is 2.22. The van der Waals surface area contributed by atoms with Crippen LogP contribution in [0.2, 0.25) is 0 Å². The molecule has 3 rings (SSSR count). The monoisotopic (exact) mass is 306 g/mol. The summed E-state index contributed by atoms with van der Waals surface area (Å²) in [4.78, 5) is 15.5. The second kappa shape index (κ2) is 6.29. The van der Waals surface area contributed by atoms with E-state index in [1.165, 1.54) is 5.56 Å². The molecule has 2 N–H and O–H groups in total. The molecule has 0 unspecified atom stereocenters. The minimum Gasteiger partial charge on any atom is -0.361 e. The number of H-pyrrole nitrogens is 1. The fourth-order valence-corrected chi connectivity index (χ4v) is 2.82. The summed E-state index contributed by atoms with van der Waals surface area (Å²) in [5, 5.41) is 4.19. The molecule has 0 aliphatic rings. The molecule has 1 aromatic heterocycles. The van der Waals surface area contributed by atoms with Crippen molar-refractivity contribution in [2.75, 3.05) is 6.54 Å². The van der Waals surface area contributed by atoms with Crippen molar-refractivity contribution in [3.8, 4) is 0 Å². The highest BCUT2D eigenvalue weighted by atomic mass is 16.1. The van der Waals surface area contributed by atoms with E-state index in [0.29, 0.717) is 13.0 Å². The van der Waals surface area contributed by atoms with E-state index in [4.69, 9.17) is 0 Å². The molecule has 0 radical (unpaired) electrons. The number of hydrogen-bond acceptors (Lipinski definition) is 1. The molecule has 0 bridgehead atoms. The third kappa shape index (κ3) is 3.45. The molecule has 2 aromatic carbocycles. The Labute approximate surface area is 136 Å². The van der Waals surface area contributed by atoms with Crippen LogP contribution in [-0.4, -0.2) is 17.4 Å². The molecule has 3 heteroatoms. The molecule has 3 aromatic rings. The lowest BCUT2D eigenvalue weighted by molar-refractivity contribution is -0.120. The number of aromatic amines is 1. The fraction of sp³-hybridized carbons (Fsp3) is 0.250. The number of aromatic nitrogens is 1. The van der Waals surface area contributed by atoms with E-state index in [9.17, 15) is 4.79 Å². The normalized spacial score (nSPS) is 11.6. The molecule has 118 valence electrons. The topological polar surface area (TPSA) is 44.9 Å². The zero-order chi connectivity index (χ0) is 16.3. The van der Waals surface area contributed by atoms with Crippen molar-refractivity contribution in [2.24, 2.45) is 0 Å². The molecular weight excluding hydrogens is 284 g/mol. The first-order valence-corrected chi connectivity index (χ1v) is 7.93. The largest absolute Gasteiger partial charge is 0.361 e. The van der Waals surface area contributed by atoms with Gasteiger partial charge < -0.3 is 10.3 Å². The van der Waals surface area contributed by atoms with E-state index in [2.05, 4.69) is 36.3 Å². The third-order valence-corrected chi connectivity index (χ3v) is 4.31. The van der Waals surface area contributed by atoms with Gasteiger partial charge in [0.2, 0.25) is 5.91 Å². The van der Waals surface area contributed by atoms with Gasteiger partial charge in [-0.15, -0.1) is 0 Å². The molecule has 0 atom stereocenters. The highest BCUT2D eigenvalue weighted by Gasteiger charge is 2.21. The average molecular weight is 306 g/mol. The maximum atomic E-state index is 12.3. The predicted molar refractivity (Wildman–Crippen MR) is 94.5 cm³/mol. The van der Waals surface area contributed by atoms with Crippen LogP contribution in [-0.2, 0) is 16.6 Å². The van der Waals surface area contributed by atoms with Crippen LogP contribution in [0.15, 0.2) is 60.8 Å². The summed E-state index contributed by atoms with van der Waals surface area (Å²) in [5.74, 6) is 0.0544. The molecule has 0 spiro atoms. The van der Waals surface area contributed by atoms with Gasteiger partial charge in [0.25, 0.3) is 0 Å². The van der Waals surface area contributed by atoms with Gasteiger partial charge in [0.15, 0.2) is 0 Å². The Morgan fingerprint density at radius 2 is 1.74 bits per heavy atom. The molecule has 0 saturated carbocycles. The van der Waals surface area contributed by atoms with Gasteiger partial charge >= 0.3 is 0 Å². The van der Waals surface area contributed by atoms with Gasteiger partial charge in [0.1, 0.15) is 0 Å². The molecule has 1 heterocycles. The molecule has 3 nitrogen and oxygen atoms in total. The quantitative estimate of drug-likeness (QED) is 0.740. The fourth-order valence-electron chi connectivity index (χ4n) is 2.82. The molecular formula is C20H22N2O. The summed E-state index contributed by atoms with van der Waals surface area (Å²) in [6, 6.07) is 18.3. The molecule has 0 aliphatic heterocycles. The van der Waals surface area contributed by atoms with Crippen molar-refractivity contribution < 1.29 is 4.79 Å². The molecule has 1 amide bonds. The number of carbonyl (C=O) groups excluding carboxylic acids is 1. The number of fused-ring (bicyclic) bond motifs is 1. The van der Waals surface area contributed by atoms with Gasteiger partial charge in [0.05, 0.1) is 6.42 Å². The number of benzene rings is 2. The molecule has 23 heavy (non-hydrogen) atoms. The van der Waals surface area contributed by atoms with Crippen molar-refractivity contribution in [2.45, 2.75) is 25.7 Å². The first kappa shape index (κ1) is 15.3. The van der Waals surface area contributed by atoms with E-state index < -0.39 is 0 Å². The maximum absolute atomic E-state index is 12.3. The van der Waals surface area contributed by atoms with Crippen LogP contribution in [0.4, 0.5) is 0 Å². The molecule has 0 saturated heterocycles. The standard InChI is InChI=1S/C20H22N2O/c1-20(2,16-8-4-3-5-9-16)14-22-19(23)12-15-13-21-18-11-7-6-10-17(15)18/h3-11,13,21H,12,14H2,1-2H3,(H,22,23). The summed E-state index contributed by atoms with van der Waals surface area (Å²) in [7, 11) is 0. The number of carbonyl (C=O) groups is 1. The maximum Gasteiger partial charge on any atom is 0.224 e. The summed E-state index contributed by atoms with van der Waals surface area (Å²) < 4.78 is 0. The number of para-hydroxylation sites is 1. The van der Waals surface area contributed by atoms with Crippen LogP contribution < -0.4 is 5.32 Å². The van der Waals surface area contributed by atoms with Crippen molar-refractivity contribution in [3.63, 3.8) is 0 Å². The van der Waals surface area contributed by atoms with E-state index in [0.717, 1.165) is 16.5 Å². The smallest absolute Gasteiger partial charge is 0.224 e. The zero-order valence-corrected chi connectivity index (χ0v) is 13.6. The summed E-state index contributed by atoms with van der Waals surface area (Å²) in [5.41, 5.74) is 3.25. The lowest BCUT2D eigenvalue weighted by Crippen LogP contribution is -2.37. The van der Waals surface area contributed by atoms with Gasteiger partial charge in [-0.25, -0.2) is 0 Å². The van der Waals surface area contributed by atoms with Gasteiger partial charge in [0, 0.05) is 29.1 Å². The van der Waals surface area contributed by atoms with Crippen LogP contribution in [0.5, 0.6) is 0 Å². The minimum atomic E-state index is -0.0862. The third-order valence-electron chi connectivity index (χ3n) is 4.31. The van der Waals surface area contributed by atoms with E-state index in [-0.39, 0.29) is 11.3 Å². The highest BCUT2D eigenvalue weighted by molar-refractivity contribution is 5.88. The number of amides is 1. The van der Waals surface area contributed by atoms with E-state index in [1.54, 1.807) is 0 Å². The van der Waals surface area contributed by atoms with E-state index in [1.807, 2.05) is 48.7 Å². The first-order valence-electron chi connectivity index (χ1n) is 7.93. The van der Waals surface area contributed by atoms with Crippen molar-refractivity contribution in [1.82, 2.24) is 10.3 Å². The van der Waals surface area contributed by atoms with Crippen LogP contribution in [0, 0.1) is 0 Å². The Kier molecular flexibility index (Phi) is 4.20. The van der Waals surface area contributed by atoms with Crippen LogP contribution in [0.25, 0.3) is 10.9 Å². The average Bonchev–Trinajstić information content (AvgIpc) is 2.97. The van der Waals surface area contributed by atoms with Gasteiger partial charge in [-0.3, -0.25) is 4.79 Å². The number of nitrogens with one attached hydrogen (secondary N) is 2. The Hall–Kier alpha value is -2.55. The SMILES string of the molecule is CC(C)(CNC(=O)Cc1c[nH]c2ccccc12)c1ccccc1. The zero-order valence-electron chi connectivity index (χ0n) is 13.6. The molecule has 0 fully saturated rings. The lowest BCUT2D eigenvalue weighted by atomic mass is 9.84. The second-order valence-corrected chi connectivity index (χ2v) is 6.56. The van der Waals surface area contributed by atoms with Gasteiger partial charge in [-0.2, -0.15) is 0 Å². The first-order chi connectivity index (χ1) is 11.1. The van der Waals surface area contributed by atoms with Crippen molar-refractivity contribution in [1.29, 1.82) is 0 Å². The minimum absolute atomic E-state index is 0.0544.